The number of ether oxygens (including phenoxy) is 2. The third-order valence-electron chi connectivity index (χ3n) is 10.0. The fourth-order valence-electron chi connectivity index (χ4n) is 8.60. The van der Waals surface area contributed by atoms with Gasteiger partial charge in [0.25, 0.3) is 0 Å². The zero-order valence-electron chi connectivity index (χ0n) is 21.2. The van der Waals surface area contributed by atoms with Gasteiger partial charge in [-0.25, -0.2) is 0 Å². The monoisotopic (exact) mass is 498 g/mol. The van der Waals surface area contributed by atoms with Crippen LogP contribution in [0.25, 0.3) is 0 Å². The summed E-state index contributed by atoms with van der Waals surface area (Å²) in [6, 6.07) is 0. The molecule has 2 N–H and O–H groups in total. The van der Waals surface area contributed by atoms with Gasteiger partial charge in [-0.05, 0) is 103 Å². The van der Waals surface area contributed by atoms with Crippen molar-refractivity contribution >= 4 is 10.4 Å². The first-order valence-electron chi connectivity index (χ1n) is 12.7. The predicted octanol–water partition coefficient (Wildman–Crippen LogP) is 5.38. The van der Waals surface area contributed by atoms with E-state index in [0.717, 1.165) is 36.8 Å². The molecule has 7 nitrogen and oxygen atoms in total. The molecule has 0 aromatic carbocycles. The molecule has 0 saturated heterocycles. The van der Waals surface area contributed by atoms with E-state index < -0.39 is 23.0 Å². The molecule has 3 saturated carbocycles. The highest BCUT2D eigenvalue weighted by atomic mass is 32.3. The Morgan fingerprint density at radius 2 is 1.85 bits per heavy atom. The predicted molar refractivity (Wildman–Crippen MR) is 129 cm³/mol. The van der Waals surface area contributed by atoms with Gasteiger partial charge in [-0.15, -0.1) is 0 Å². The van der Waals surface area contributed by atoms with E-state index in [2.05, 4.69) is 27.7 Å². The average molecular weight is 499 g/mol. The standard InChI is InChI=1S/C26H42O7S/c1-24(2)12-6-13-26(4)20(24)11-14-25(3)19(9-7-17-15-22(31-5)33-23(17)27)18(8-10-21(25)26)16-32-34(28,29)30/h15-16,19-23,27H,6-14H2,1-5H3,(H,28,29,30)/b18-16+/t19-,20-,21-,22-,23?,25+,26-/m0/s1. The van der Waals surface area contributed by atoms with E-state index in [1.165, 1.54) is 31.9 Å². The zero-order valence-corrected chi connectivity index (χ0v) is 22.1. The molecule has 0 amide bonds. The summed E-state index contributed by atoms with van der Waals surface area (Å²) in [4.78, 5) is 0. The number of methoxy groups -OCH3 is 1. The maximum Gasteiger partial charge on any atom is 0.445 e. The van der Waals surface area contributed by atoms with Crippen LogP contribution < -0.4 is 0 Å². The highest BCUT2D eigenvalue weighted by Crippen LogP contribution is 2.69. The molecule has 0 aromatic rings. The smallest absolute Gasteiger partial charge is 0.370 e. The molecule has 3 aliphatic carbocycles. The quantitative estimate of drug-likeness (QED) is 0.288. The molecule has 34 heavy (non-hydrogen) atoms. The van der Waals surface area contributed by atoms with E-state index >= 15 is 0 Å². The van der Waals surface area contributed by atoms with Crippen molar-refractivity contribution in [1.29, 1.82) is 0 Å². The second-order valence-corrected chi connectivity index (χ2v) is 13.2. The molecule has 1 heterocycles. The van der Waals surface area contributed by atoms with Gasteiger partial charge in [-0.1, -0.05) is 34.1 Å². The Labute approximate surface area is 204 Å². The van der Waals surface area contributed by atoms with Crippen molar-refractivity contribution in [3.63, 3.8) is 0 Å². The van der Waals surface area contributed by atoms with Crippen LogP contribution in [0.5, 0.6) is 0 Å². The van der Waals surface area contributed by atoms with Gasteiger partial charge >= 0.3 is 10.4 Å². The Morgan fingerprint density at radius 3 is 2.50 bits per heavy atom. The van der Waals surface area contributed by atoms with Gasteiger partial charge in [0.05, 0.1) is 0 Å². The van der Waals surface area contributed by atoms with Gasteiger partial charge in [0, 0.05) is 7.11 Å². The normalized spacial score (nSPS) is 43.2. The molecular formula is C26H42O7S. The lowest BCUT2D eigenvalue weighted by Gasteiger charge is -2.66. The van der Waals surface area contributed by atoms with Crippen LogP contribution in [0.15, 0.2) is 23.5 Å². The second-order valence-electron chi connectivity index (χ2n) is 12.2. The summed E-state index contributed by atoms with van der Waals surface area (Å²) in [5, 5.41) is 10.3. The molecule has 0 aromatic heterocycles. The minimum atomic E-state index is -4.56. The Kier molecular flexibility index (Phi) is 7.06. The molecule has 3 fully saturated rings. The molecule has 1 aliphatic heterocycles. The minimum Gasteiger partial charge on any atom is -0.370 e. The van der Waals surface area contributed by atoms with Crippen molar-refractivity contribution in [3.05, 3.63) is 23.5 Å². The van der Waals surface area contributed by atoms with Crippen LogP contribution >= 0.6 is 0 Å². The molecule has 1 unspecified atom stereocenters. The number of aliphatic hydroxyl groups is 1. The molecule has 194 valence electrons. The van der Waals surface area contributed by atoms with Crippen LogP contribution in [0, 0.1) is 34.0 Å². The fraction of sp³-hybridized carbons (Fsp3) is 0.846. The van der Waals surface area contributed by atoms with E-state index in [1.54, 1.807) is 7.11 Å². The van der Waals surface area contributed by atoms with Gasteiger partial charge in [-0.2, -0.15) is 8.42 Å². The lowest BCUT2D eigenvalue weighted by atomic mass is 9.39. The Hall–Kier alpha value is -0.930. The average Bonchev–Trinajstić information content (AvgIpc) is 3.09. The Bertz CT molecular complexity index is 939. The largest absolute Gasteiger partial charge is 0.445 e. The van der Waals surface area contributed by atoms with Crippen molar-refractivity contribution in [2.75, 3.05) is 7.11 Å². The van der Waals surface area contributed by atoms with E-state index in [-0.39, 0.29) is 16.7 Å². The first-order chi connectivity index (χ1) is 15.8. The van der Waals surface area contributed by atoms with E-state index in [1.807, 2.05) is 6.08 Å². The topological polar surface area (TPSA) is 102 Å². The summed E-state index contributed by atoms with van der Waals surface area (Å²) in [6.45, 7) is 9.74. The van der Waals surface area contributed by atoms with Crippen LogP contribution in [0.3, 0.4) is 0 Å². The lowest BCUT2D eigenvalue weighted by molar-refractivity contribution is -0.166. The van der Waals surface area contributed by atoms with Gasteiger partial charge < -0.3 is 18.8 Å². The third kappa shape index (κ3) is 4.73. The summed E-state index contributed by atoms with van der Waals surface area (Å²) >= 11 is 0. The minimum absolute atomic E-state index is 0.0169. The number of hydrogen-bond donors (Lipinski definition) is 2. The second kappa shape index (κ2) is 9.18. The first kappa shape index (κ1) is 26.1. The van der Waals surface area contributed by atoms with Crippen molar-refractivity contribution in [1.82, 2.24) is 0 Å². The van der Waals surface area contributed by atoms with E-state index in [4.69, 9.17) is 13.7 Å². The molecule has 0 spiro atoms. The molecule has 7 atom stereocenters. The molecule has 0 radical (unpaired) electrons. The summed E-state index contributed by atoms with van der Waals surface area (Å²) in [6.07, 6.45) is 10.7. The molecule has 4 rings (SSSR count). The maximum atomic E-state index is 11.3. The summed E-state index contributed by atoms with van der Waals surface area (Å²) in [5.74, 6) is 1.30. The van der Waals surface area contributed by atoms with Crippen molar-refractivity contribution in [3.8, 4) is 0 Å². The fourth-order valence-corrected chi connectivity index (χ4v) is 8.85. The third-order valence-corrected chi connectivity index (χ3v) is 10.3. The van der Waals surface area contributed by atoms with Gasteiger partial charge in [0.2, 0.25) is 0 Å². The number of fused-ring (bicyclic) bond motifs is 3. The highest BCUT2D eigenvalue weighted by molar-refractivity contribution is 7.81. The van der Waals surface area contributed by atoms with Crippen molar-refractivity contribution < 1.29 is 31.7 Å². The Balaban J connectivity index is 1.65. The van der Waals surface area contributed by atoms with Crippen molar-refractivity contribution in [2.24, 2.45) is 34.0 Å². The molecule has 0 bridgehead atoms. The van der Waals surface area contributed by atoms with E-state index in [0.29, 0.717) is 23.7 Å². The molecule has 8 heteroatoms. The van der Waals surface area contributed by atoms with Gasteiger partial charge in [0.15, 0.2) is 12.6 Å². The summed E-state index contributed by atoms with van der Waals surface area (Å²) in [5.41, 5.74) is 2.30. The van der Waals surface area contributed by atoms with Crippen LogP contribution in [0.1, 0.15) is 85.5 Å². The Morgan fingerprint density at radius 1 is 1.12 bits per heavy atom. The number of aliphatic hydroxyl groups excluding tert-OH is 1. The number of rotatable bonds is 6. The SMILES string of the molecule is CO[C@@H]1C=C(CC[C@H]2/C(=C/OS(=O)(=O)O)CC[C@H]3[C@]2(C)CC[C@H]2C(C)(C)CCC[C@]32C)C(O)O1. The van der Waals surface area contributed by atoms with Gasteiger partial charge in [0.1, 0.15) is 6.26 Å². The lowest BCUT2D eigenvalue weighted by Crippen LogP contribution is -2.58. The van der Waals surface area contributed by atoms with Crippen molar-refractivity contribution in [2.45, 2.75) is 98.1 Å². The van der Waals surface area contributed by atoms with Crippen LogP contribution in [-0.2, 0) is 24.1 Å². The summed E-state index contributed by atoms with van der Waals surface area (Å²) < 4.78 is 47.3. The maximum absolute atomic E-state index is 11.3. The van der Waals surface area contributed by atoms with Crippen LogP contribution in [0.2, 0.25) is 0 Å². The number of allylic oxidation sites excluding steroid dienone is 1. The number of hydrogen-bond acceptors (Lipinski definition) is 6. The first-order valence-corrected chi connectivity index (χ1v) is 14.1. The summed E-state index contributed by atoms with van der Waals surface area (Å²) in [7, 11) is -3.01. The van der Waals surface area contributed by atoms with Gasteiger partial charge in [-0.3, -0.25) is 4.55 Å². The molecular weight excluding hydrogens is 456 g/mol. The van der Waals surface area contributed by atoms with Crippen LogP contribution in [0.4, 0.5) is 0 Å². The van der Waals surface area contributed by atoms with E-state index in [9.17, 15) is 18.1 Å². The highest BCUT2D eigenvalue weighted by Gasteiger charge is 2.61. The van der Waals surface area contributed by atoms with Crippen LogP contribution in [-0.4, -0.2) is 37.8 Å². The zero-order chi connectivity index (χ0) is 24.9. The molecule has 4 aliphatic rings.